The second kappa shape index (κ2) is 7.00. The lowest BCUT2D eigenvalue weighted by Crippen LogP contribution is -2.52. The van der Waals surface area contributed by atoms with E-state index in [0.29, 0.717) is 17.9 Å². The van der Waals surface area contributed by atoms with E-state index in [1.54, 1.807) is 18.2 Å². The molecular formula is C20H20F2N2OS. The summed E-state index contributed by atoms with van der Waals surface area (Å²) in [5.41, 5.74) is 0.190. The van der Waals surface area contributed by atoms with E-state index in [2.05, 4.69) is 4.99 Å². The minimum Gasteiger partial charge on any atom is -0.369 e. The highest BCUT2D eigenvalue weighted by molar-refractivity contribution is 8.14. The van der Waals surface area contributed by atoms with Gasteiger partial charge in [-0.25, -0.2) is 8.78 Å². The monoisotopic (exact) mass is 374 g/mol. The van der Waals surface area contributed by atoms with Gasteiger partial charge < -0.3 is 10.0 Å². The molecule has 2 aromatic rings. The van der Waals surface area contributed by atoms with Crippen molar-refractivity contribution < 1.29 is 13.9 Å². The van der Waals surface area contributed by atoms with Gasteiger partial charge in [0.15, 0.2) is 10.9 Å². The molecule has 3 nitrogen and oxygen atoms in total. The van der Waals surface area contributed by atoms with Crippen molar-refractivity contribution in [2.24, 2.45) is 4.99 Å². The molecule has 0 saturated carbocycles. The van der Waals surface area contributed by atoms with E-state index in [-0.39, 0.29) is 11.6 Å². The van der Waals surface area contributed by atoms with E-state index < -0.39 is 11.6 Å². The number of aliphatic hydroxyl groups is 1. The number of aliphatic imine (C=N–C) groups is 1. The molecule has 2 aromatic carbocycles. The third-order valence-corrected chi connectivity index (χ3v) is 6.17. The number of hydrogen-bond acceptors (Lipinski definition) is 4. The molecule has 1 N–H and O–H groups in total. The highest BCUT2D eigenvalue weighted by Crippen LogP contribution is 2.45. The summed E-state index contributed by atoms with van der Waals surface area (Å²) >= 11 is 1.53. The summed E-state index contributed by atoms with van der Waals surface area (Å²) in [6, 6.07) is 12.4. The van der Waals surface area contributed by atoms with Crippen LogP contribution < -0.4 is 0 Å². The molecule has 26 heavy (non-hydrogen) atoms. The van der Waals surface area contributed by atoms with Crippen molar-refractivity contribution in [2.45, 2.75) is 24.5 Å². The lowest BCUT2D eigenvalue weighted by Gasteiger charge is -2.40. The molecule has 136 valence electrons. The molecule has 4 rings (SSSR count). The molecule has 6 heteroatoms. The molecule has 1 saturated heterocycles. The van der Waals surface area contributed by atoms with Gasteiger partial charge in [-0.1, -0.05) is 36.0 Å². The van der Waals surface area contributed by atoms with Gasteiger partial charge in [0.25, 0.3) is 0 Å². The molecule has 0 radical (unpaired) electrons. The van der Waals surface area contributed by atoms with Crippen LogP contribution in [0.1, 0.15) is 29.9 Å². The Morgan fingerprint density at radius 3 is 2.62 bits per heavy atom. The zero-order valence-corrected chi connectivity index (χ0v) is 15.1. The van der Waals surface area contributed by atoms with Gasteiger partial charge in [0.2, 0.25) is 0 Å². The zero-order valence-electron chi connectivity index (χ0n) is 14.2. The van der Waals surface area contributed by atoms with Crippen LogP contribution in [0.25, 0.3) is 0 Å². The summed E-state index contributed by atoms with van der Waals surface area (Å²) < 4.78 is 27.4. The summed E-state index contributed by atoms with van der Waals surface area (Å²) in [7, 11) is 0. The average molecular weight is 374 g/mol. The van der Waals surface area contributed by atoms with Crippen molar-refractivity contribution in [3.05, 3.63) is 71.3 Å². The smallest absolute Gasteiger partial charge is 0.161 e. The minimum absolute atomic E-state index is 0.337. The Balaban J connectivity index is 1.83. The van der Waals surface area contributed by atoms with Crippen molar-refractivity contribution in [3.63, 3.8) is 0 Å². The molecule has 2 atom stereocenters. The van der Waals surface area contributed by atoms with Crippen molar-refractivity contribution in [1.29, 1.82) is 0 Å². The highest BCUT2D eigenvalue weighted by atomic mass is 32.2. The largest absolute Gasteiger partial charge is 0.369 e. The van der Waals surface area contributed by atoms with Crippen molar-refractivity contribution in [1.82, 2.24) is 4.90 Å². The molecule has 0 aromatic heterocycles. The molecular weight excluding hydrogens is 354 g/mol. The van der Waals surface area contributed by atoms with E-state index in [1.807, 2.05) is 11.0 Å². The Hall–Kier alpha value is -1.92. The van der Waals surface area contributed by atoms with Crippen LogP contribution >= 0.6 is 11.8 Å². The SMILES string of the molecule is OC1(C(c2ccc(F)cc2)c2cccc(F)c2)CSC2=NCCCCN21. The van der Waals surface area contributed by atoms with E-state index in [4.69, 9.17) is 0 Å². The van der Waals surface area contributed by atoms with Crippen LogP contribution in [-0.2, 0) is 0 Å². The number of amidine groups is 1. The summed E-state index contributed by atoms with van der Waals surface area (Å²) in [6.45, 7) is 1.46. The summed E-state index contributed by atoms with van der Waals surface area (Å²) in [6.07, 6.45) is 1.92. The number of rotatable bonds is 3. The zero-order chi connectivity index (χ0) is 18.1. The van der Waals surface area contributed by atoms with Crippen molar-refractivity contribution in [3.8, 4) is 0 Å². The first-order valence-corrected chi connectivity index (χ1v) is 9.75. The molecule has 2 aliphatic rings. The lowest BCUT2D eigenvalue weighted by molar-refractivity contribution is -0.0552. The van der Waals surface area contributed by atoms with Gasteiger partial charge >= 0.3 is 0 Å². The van der Waals surface area contributed by atoms with Gasteiger partial charge in [-0.3, -0.25) is 4.99 Å². The van der Waals surface area contributed by atoms with Gasteiger partial charge in [0.1, 0.15) is 11.6 Å². The number of nitrogens with zero attached hydrogens (tertiary/aromatic N) is 2. The Morgan fingerprint density at radius 2 is 1.85 bits per heavy atom. The van der Waals surface area contributed by atoms with E-state index in [1.165, 1.54) is 36.0 Å². The van der Waals surface area contributed by atoms with Gasteiger partial charge in [0, 0.05) is 18.8 Å². The number of thioether (sulfide) groups is 1. The van der Waals surface area contributed by atoms with E-state index >= 15 is 0 Å². The van der Waals surface area contributed by atoms with Crippen LogP contribution in [0.15, 0.2) is 53.5 Å². The van der Waals surface area contributed by atoms with Crippen LogP contribution in [0.3, 0.4) is 0 Å². The first-order chi connectivity index (χ1) is 12.6. The standard InChI is InChI=1S/C20H20F2N2OS/c21-16-8-6-14(7-9-16)18(15-4-3-5-17(22)12-15)20(25)13-26-19-23-10-1-2-11-24(19)20/h3-9,12,18,25H,1-2,10-11,13H2. The predicted molar refractivity (Wildman–Crippen MR) is 100 cm³/mol. The molecule has 0 aliphatic carbocycles. The number of benzene rings is 2. The van der Waals surface area contributed by atoms with Gasteiger partial charge in [-0.05, 0) is 48.2 Å². The van der Waals surface area contributed by atoms with Crippen LogP contribution in [0, 0.1) is 11.6 Å². The molecule has 1 fully saturated rings. The molecule has 2 unspecified atom stereocenters. The molecule has 0 bridgehead atoms. The quantitative estimate of drug-likeness (QED) is 0.883. The Bertz CT molecular complexity index is 827. The molecule has 2 heterocycles. The first kappa shape index (κ1) is 17.5. The van der Waals surface area contributed by atoms with Gasteiger partial charge in [-0.2, -0.15) is 0 Å². The van der Waals surface area contributed by atoms with Gasteiger partial charge in [-0.15, -0.1) is 0 Å². The topological polar surface area (TPSA) is 35.8 Å². The number of halogens is 2. The summed E-state index contributed by atoms with van der Waals surface area (Å²) in [5, 5.41) is 12.6. The maximum atomic E-state index is 13.9. The van der Waals surface area contributed by atoms with Crippen LogP contribution in [-0.4, -0.2) is 39.7 Å². The maximum Gasteiger partial charge on any atom is 0.161 e. The molecule has 2 aliphatic heterocycles. The second-order valence-electron chi connectivity index (χ2n) is 6.73. The fraction of sp³-hybridized carbons (Fsp3) is 0.350. The maximum absolute atomic E-state index is 13.9. The summed E-state index contributed by atoms with van der Waals surface area (Å²) in [5.74, 6) is -0.757. The van der Waals surface area contributed by atoms with Gasteiger partial charge in [0.05, 0.1) is 5.92 Å². The minimum atomic E-state index is -1.24. The Kier molecular flexibility index (Phi) is 4.71. The van der Waals surface area contributed by atoms with E-state index in [9.17, 15) is 13.9 Å². The van der Waals surface area contributed by atoms with E-state index in [0.717, 1.165) is 30.1 Å². The number of hydrogen-bond donors (Lipinski definition) is 1. The Labute approximate surface area is 155 Å². The van der Waals surface area contributed by atoms with Crippen LogP contribution in [0.5, 0.6) is 0 Å². The van der Waals surface area contributed by atoms with Crippen molar-refractivity contribution >= 4 is 16.9 Å². The highest BCUT2D eigenvalue weighted by Gasteiger charge is 2.50. The molecule has 0 amide bonds. The van der Waals surface area contributed by atoms with Crippen LogP contribution in [0.2, 0.25) is 0 Å². The predicted octanol–water partition coefficient (Wildman–Crippen LogP) is 3.98. The molecule has 0 spiro atoms. The normalized spacial score (nSPS) is 24.0. The Morgan fingerprint density at radius 1 is 1.04 bits per heavy atom. The fourth-order valence-electron chi connectivity index (χ4n) is 3.78. The lowest BCUT2D eigenvalue weighted by atomic mass is 9.82. The fourth-order valence-corrected chi connectivity index (χ4v) is 5.03. The second-order valence-corrected chi connectivity index (χ2v) is 7.67. The van der Waals surface area contributed by atoms with Crippen LogP contribution in [0.4, 0.5) is 8.78 Å². The summed E-state index contributed by atoms with van der Waals surface area (Å²) in [4.78, 5) is 6.54. The number of fused-ring (bicyclic) bond motifs is 1. The van der Waals surface area contributed by atoms with Crippen molar-refractivity contribution in [2.75, 3.05) is 18.8 Å². The average Bonchev–Trinajstić information content (AvgIpc) is 2.81. The first-order valence-electron chi connectivity index (χ1n) is 8.76. The third-order valence-electron chi connectivity index (χ3n) is 5.00. The third kappa shape index (κ3) is 3.12.